The number of carbonyl (C=O) groups is 4. The number of unbranched alkanes of at least 4 members (excludes halogenated alkanes) is 2. The second-order valence-electron chi connectivity index (χ2n) is 8.19. The molecule has 36 heavy (non-hydrogen) atoms. The molecule has 0 aliphatic heterocycles. The molecule has 0 fully saturated rings. The number of phenolic OH excluding ortho intramolecular Hbond substituents is 1. The topological polar surface area (TPSA) is 161 Å². The molecule has 0 saturated carbocycles. The average Bonchev–Trinajstić information content (AvgIpc) is 3.38. The number of benzene rings is 1. The van der Waals surface area contributed by atoms with Gasteiger partial charge < -0.3 is 25.5 Å². The second-order valence-corrected chi connectivity index (χ2v) is 8.19. The van der Waals surface area contributed by atoms with Gasteiger partial charge in [0.25, 0.3) is 11.8 Å². The van der Waals surface area contributed by atoms with E-state index in [9.17, 15) is 29.5 Å². The summed E-state index contributed by atoms with van der Waals surface area (Å²) in [5.41, 5.74) is 0.495. The Balaban J connectivity index is 2.00. The molecule has 0 saturated heterocycles. The number of hydrogen-bond acceptors (Lipinski definition) is 7. The van der Waals surface area contributed by atoms with E-state index >= 15 is 0 Å². The highest BCUT2D eigenvalue weighted by molar-refractivity contribution is 5.97. The molecule has 4 amide bonds. The number of nitrogens with one attached hydrogen (secondary N) is 3. The van der Waals surface area contributed by atoms with E-state index in [1.807, 2.05) is 6.92 Å². The fourth-order valence-corrected chi connectivity index (χ4v) is 3.86. The molecule has 11 heteroatoms. The molecule has 2 aromatic rings. The number of furan rings is 1. The molecule has 195 valence electrons. The van der Waals surface area contributed by atoms with Crippen molar-refractivity contribution in [2.75, 3.05) is 6.67 Å². The van der Waals surface area contributed by atoms with Crippen LogP contribution in [0, 0.1) is 13.0 Å². The van der Waals surface area contributed by atoms with Crippen LogP contribution >= 0.6 is 0 Å². The zero-order chi connectivity index (χ0) is 26.7. The molecule has 1 heterocycles. The van der Waals surface area contributed by atoms with Gasteiger partial charge in [-0.3, -0.25) is 24.4 Å². The molecule has 0 aliphatic carbocycles. The number of phenols is 1. The summed E-state index contributed by atoms with van der Waals surface area (Å²) in [5.74, 6) is -2.15. The largest absolute Gasteiger partial charge is 0.507 e. The van der Waals surface area contributed by atoms with Crippen molar-refractivity contribution in [3.05, 3.63) is 48.7 Å². The van der Waals surface area contributed by atoms with Crippen molar-refractivity contribution >= 4 is 24.1 Å². The van der Waals surface area contributed by atoms with E-state index in [-0.39, 0.29) is 36.1 Å². The Morgan fingerprint density at radius 3 is 2.47 bits per heavy atom. The molecule has 0 aliphatic rings. The van der Waals surface area contributed by atoms with Crippen molar-refractivity contribution in [3.63, 3.8) is 0 Å². The minimum absolute atomic E-state index is 0.0215. The quantitative estimate of drug-likeness (QED) is 0.0874. The lowest BCUT2D eigenvalue weighted by Crippen LogP contribution is -2.47. The number of amides is 4. The minimum atomic E-state index is -0.676. The maximum Gasteiger partial charge on any atom is 0.288 e. The lowest BCUT2D eigenvalue weighted by molar-refractivity contribution is -0.168. The number of aromatic hydroxyl groups is 1. The van der Waals surface area contributed by atoms with Gasteiger partial charge in [-0.05, 0) is 37.1 Å². The highest BCUT2D eigenvalue weighted by Gasteiger charge is 2.30. The van der Waals surface area contributed by atoms with Crippen LogP contribution in [-0.4, -0.2) is 52.2 Å². The maximum absolute atomic E-state index is 12.8. The van der Waals surface area contributed by atoms with Crippen molar-refractivity contribution in [2.24, 2.45) is 5.92 Å². The Bertz CT molecular complexity index is 1050. The molecule has 0 bridgehead atoms. The fraction of sp³-hybridized carbons (Fsp3) is 0.400. The SMILES string of the molecule is [CH2]NC(=O)c1ccc(-c2ccc(C(=O)NCNC(=O)[C@H](CCCCC)[C@@H](CC)N(O)C=O)o2)cc1O. The van der Waals surface area contributed by atoms with Crippen LogP contribution in [0.25, 0.3) is 11.3 Å². The van der Waals surface area contributed by atoms with Gasteiger partial charge in [0, 0.05) is 12.6 Å². The van der Waals surface area contributed by atoms with Gasteiger partial charge in [0.1, 0.15) is 11.5 Å². The van der Waals surface area contributed by atoms with Gasteiger partial charge in [0.15, 0.2) is 5.76 Å². The Labute approximate surface area is 209 Å². The first kappa shape index (κ1) is 28.4. The van der Waals surface area contributed by atoms with Gasteiger partial charge in [-0.15, -0.1) is 0 Å². The molecular weight excluding hydrogens is 468 g/mol. The summed E-state index contributed by atoms with van der Waals surface area (Å²) in [7, 11) is 3.27. The number of carbonyl (C=O) groups excluding carboxylic acids is 4. The van der Waals surface area contributed by atoms with E-state index in [1.165, 1.54) is 24.3 Å². The second kappa shape index (κ2) is 13.9. The highest BCUT2D eigenvalue weighted by atomic mass is 16.5. The Morgan fingerprint density at radius 2 is 1.86 bits per heavy atom. The standard InChI is InChI=1S/C25H33N4O7/c1-4-6-7-8-17(19(5-2)29(35)15-30)24(33)27-14-28-25(34)22-12-11-21(36-22)16-9-10-18(20(31)13-16)23(32)26-3/h9-13,15,17,19,31,35H,3-8,14H2,1-2H3,(H,26,32)(H,27,33)(H,28,34)/t17-,19-/m1/s1. The minimum Gasteiger partial charge on any atom is -0.507 e. The molecule has 2 rings (SSSR count). The molecule has 2 atom stereocenters. The van der Waals surface area contributed by atoms with Crippen LogP contribution in [-0.2, 0) is 9.59 Å². The Morgan fingerprint density at radius 1 is 1.11 bits per heavy atom. The summed E-state index contributed by atoms with van der Waals surface area (Å²) in [4.78, 5) is 48.0. The third-order valence-corrected chi connectivity index (χ3v) is 5.81. The number of hydrogen-bond donors (Lipinski definition) is 5. The summed E-state index contributed by atoms with van der Waals surface area (Å²) in [6.07, 6.45) is 3.79. The van der Waals surface area contributed by atoms with E-state index in [0.29, 0.717) is 29.2 Å². The smallest absolute Gasteiger partial charge is 0.288 e. The van der Waals surface area contributed by atoms with Gasteiger partial charge in [-0.1, -0.05) is 39.2 Å². The van der Waals surface area contributed by atoms with Crippen molar-refractivity contribution in [1.82, 2.24) is 21.0 Å². The number of hydroxylamine groups is 2. The Kier molecular flexibility index (Phi) is 10.9. The number of nitrogens with zero attached hydrogens (tertiary/aromatic N) is 1. The maximum atomic E-state index is 12.8. The lowest BCUT2D eigenvalue weighted by Gasteiger charge is -2.29. The first-order valence-electron chi connectivity index (χ1n) is 11.8. The summed E-state index contributed by atoms with van der Waals surface area (Å²) in [6, 6.07) is 6.59. The monoisotopic (exact) mass is 501 g/mol. The number of rotatable bonds is 14. The molecule has 1 aromatic carbocycles. The van der Waals surface area contributed by atoms with Crippen LogP contribution in [0.4, 0.5) is 0 Å². The van der Waals surface area contributed by atoms with Crippen LogP contribution in [0.2, 0.25) is 0 Å². The first-order valence-corrected chi connectivity index (χ1v) is 11.8. The summed E-state index contributed by atoms with van der Waals surface area (Å²) < 4.78 is 5.56. The van der Waals surface area contributed by atoms with Crippen LogP contribution < -0.4 is 16.0 Å². The van der Waals surface area contributed by atoms with Gasteiger partial charge in [-0.25, -0.2) is 5.06 Å². The van der Waals surface area contributed by atoms with Gasteiger partial charge >= 0.3 is 0 Å². The lowest BCUT2D eigenvalue weighted by atomic mass is 9.90. The van der Waals surface area contributed by atoms with Crippen LogP contribution in [0.3, 0.4) is 0 Å². The predicted octanol–water partition coefficient (Wildman–Crippen LogP) is 2.80. The molecule has 0 unspecified atom stereocenters. The van der Waals surface area contributed by atoms with E-state index in [0.717, 1.165) is 19.3 Å². The summed E-state index contributed by atoms with van der Waals surface area (Å²) in [5, 5.41) is 27.8. The fourth-order valence-electron chi connectivity index (χ4n) is 3.86. The van der Waals surface area contributed by atoms with Crippen molar-refractivity contribution in [1.29, 1.82) is 0 Å². The molecule has 11 nitrogen and oxygen atoms in total. The Hall–Kier alpha value is -3.86. The zero-order valence-electron chi connectivity index (χ0n) is 20.5. The summed E-state index contributed by atoms with van der Waals surface area (Å²) in [6.45, 7) is 3.62. The van der Waals surface area contributed by atoms with Gasteiger partial charge in [0.05, 0.1) is 24.2 Å². The molecular formula is C25H33N4O7. The molecule has 1 radical (unpaired) electrons. The highest BCUT2D eigenvalue weighted by Crippen LogP contribution is 2.28. The van der Waals surface area contributed by atoms with E-state index < -0.39 is 23.8 Å². The van der Waals surface area contributed by atoms with Crippen LogP contribution in [0.1, 0.15) is 66.9 Å². The van der Waals surface area contributed by atoms with Crippen LogP contribution in [0.5, 0.6) is 5.75 Å². The predicted molar refractivity (Wildman–Crippen MR) is 131 cm³/mol. The summed E-state index contributed by atoms with van der Waals surface area (Å²) >= 11 is 0. The van der Waals surface area contributed by atoms with E-state index in [2.05, 4.69) is 23.0 Å². The van der Waals surface area contributed by atoms with E-state index in [4.69, 9.17) is 4.42 Å². The third kappa shape index (κ3) is 7.32. The van der Waals surface area contributed by atoms with Crippen molar-refractivity contribution < 1.29 is 33.9 Å². The third-order valence-electron chi connectivity index (χ3n) is 5.81. The normalized spacial score (nSPS) is 12.3. The van der Waals surface area contributed by atoms with Crippen molar-refractivity contribution in [2.45, 2.75) is 52.0 Å². The van der Waals surface area contributed by atoms with Gasteiger partial charge in [0.2, 0.25) is 12.3 Å². The van der Waals surface area contributed by atoms with Crippen LogP contribution in [0.15, 0.2) is 34.7 Å². The van der Waals surface area contributed by atoms with Gasteiger partial charge in [-0.2, -0.15) is 0 Å². The average molecular weight is 502 g/mol. The van der Waals surface area contributed by atoms with E-state index in [1.54, 1.807) is 13.0 Å². The molecule has 1 aromatic heterocycles. The molecule has 5 N–H and O–H groups in total. The zero-order valence-corrected chi connectivity index (χ0v) is 20.5. The van der Waals surface area contributed by atoms with Crippen molar-refractivity contribution in [3.8, 4) is 17.1 Å². The first-order chi connectivity index (χ1) is 17.3. The molecule has 0 spiro atoms.